The number of carbonyl (C=O) groups is 1. The Labute approximate surface area is 114 Å². The van der Waals surface area contributed by atoms with E-state index < -0.39 is 12.0 Å². The Bertz CT molecular complexity index is 364. The third-order valence-corrected chi connectivity index (χ3v) is 2.91. The Morgan fingerprint density at radius 1 is 1.32 bits per heavy atom. The Morgan fingerprint density at radius 3 is 2.63 bits per heavy atom. The lowest BCUT2D eigenvalue weighted by atomic mass is 10.0. The molecular weight excluding hydrogens is 244 g/mol. The molecule has 0 saturated carbocycles. The molecular formula is C15H22O4. The molecule has 1 rings (SSSR count). The lowest BCUT2D eigenvalue weighted by Gasteiger charge is -2.17. The fourth-order valence-corrected chi connectivity index (χ4v) is 1.65. The van der Waals surface area contributed by atoms with Crippen LogP contribution in [0.1, 0.15) is 25.8 Å². The maximum atomic E-state index is 11.4. The van der Waals surface area contributed by atoms with Crippen molar-refractivity contribution in [3.63, 3.8) is 0 Å². The standard InChI is InChI=1S/C15H22O4/c1-3-19-15(17)12(2)14(16)9-10-18-11-13-7-5-4-6-8-13/h4-8,12,14,16H,3,9-11H2,1-2H3/t12-,14-/m0/s1. The van der Waals surface area contributed by atoms with E-state index in [-0.39, 0.29) is 5.97 Å². The second-order valence-electron chi connectivity index (χ2n) is 4.43. The van der Waals surface area contributed by atoms with Gasteiger partial charge in [0.25, 0.3) is 0 Å². The Morgan fingerprint density at radius 2 is 2.00 bits per heavy atom. The lowest BCUT2D eigenvalue weighted by Crippen LogP contribution is -2.28. The molecule has 0 saturated heterocycles. The molecule has 106 valence electrons. The number of esters is 1. The largest absolute Gasteiger partial charge is 0.466 e. The van der Waals surface area contributed by atoms with Gasteiger partial charge in [-0.05, 0) is 25.8 Å². The quantitative estimate of drug-likeness (QED) is 0.578. The van der Waals surface area contributed by atoms with Crippen LogP contribution < -0.4 is 0 Å². The zero-order valence-electron chi connectivity index (χ0n) is 11.5. The first-order valence-corrected chi connectivity index (χ1v) is 6.61. The summed E-state index contributed by atoms with van der Waals surface area (Å²) in [5, 5.41) is 9.83. The predicted octanol–water partition coefficient (Wildman–Crippen LogP) is 2.15. The molecule has 0 heterocycles. The summed E-state index contributed by atoms with van der Waals surface area (Å²) in [4.78, 5) is 11.4. The molecule has 0 aliphatic rings. The molecule has 0 fully saturated rings. The van der Waals surface area contributed by atoms with E-state index in [9.17, 15) is 9.90 Å². The second-order valence-corrected chi connectivity index (χ2v) is 4.43. The fraction of sp³-hybridized carbons (Fsp3) is 0.533. The first-order valence-electron chi connectivity index (χ1n) is 6.61. The molecule has 4 nitrogen and oxygen atoms in total. The number of carbonyl (C=O) groups excluding carboxylic acids is 1. The Hall–Kier alpha value is -1.39. The highest BCUT2D eigenvalue weighted by Crippen LogP contribution is 2.10. The van der Waals surface area contributed by atoms with Crippen LogP contribution in [-0.2, 0) is 20.9 Å². The van der Waals surface area contributed by atoms with E-state index in [1.807, 2.05) is 30.3 Å². The van der Waals surface area contributed by atoms with E-state index in [4.69, 9.17) is 9.47 Å². The van der Waals surface area contributed by atoms with E-state index in [0.717, 1.165) is 5.56 Å². The Kier molecular flexibility index (Phi) is 7.15. The van der Waals surface area contributed by atoms with Gasteiger partial charge in [-0.15, -0.1) is 0 Å². The first-order chi connectivity index (χ1) is 9.15. The van der Waals surface area contributed by atoms with Crippen LogP contribution in [0.3, 0.4) is 0 Å². The van der Waals surface area contributed by atoms with E-state index in [1.54, 1.807) is 13.8 Å². The number of hydrogen-bond donors (Lipinski definition) is 1. The molecule has 0 amide bonds. The van der Waals surface area contributed by atoms with E-state index in [2.05, 4.69) is 0 Å². The normalized spacial score (nSPS) is 13.8. The van der Waals surface area contributed by atoms with Crippen molar-refractivity contribution >= 4 is 5.97 Å². The van der Waals surface area contributed by atoms with Gasteiger partial charge in [0, 0.05) is 6.61 Å². The van der Waals surface area contributed by atoms with Crippen molar-refractivity contribution in [2.45, 2.75) is 33.0 Å². The van der Waals surface area contributed by atoms with Crippen LogP contribution in [0.5, 0.6) is 0 Å². The summed E-state index contributed by atoms with van der Waals surface area (Å²) in [6.07, 6.45) is -0.304. The summed E-state index contributed by atoms with van der Waals surface area (Å²) in [5.74, 6) is -0.877. The van der Waals surface area contributed by atoms with E-state index in [1.165, 1.54) is 0 Å². The highest BCUT2D eigenvalue weighted by atomic mass is 16.5. The number of aliphatic hydroxyl groups excluding tert-OH is 1. The van der Waals surface area contributed by atoms with Gasteiger partial charge < -0.3 is 14.6 Å². The molecule has 1 aromatic rings. The maximum absolute atomic E-state index is 11.4. The molecule has 19 heavy (non-hydrogen) atoms. The van der Waals surface area contributed by atoms with Gasteiger partial charge in [0.2, 0.25) is 0 Å². The number of ether oxygens (including phenoxy) is 2. The van der Waals surface area contributed by atoms with Crippen LogP contribution in [0.2, 0.25) is 0 Å². The van der Waals surface area contributed by atoms with Gasteiger partial charge in [-0.1, -0.05) is 30.3 Å². The van der Waals surface area contributed by atoms with E-state index >= 15 is 0 Å². The minimum Gasteiger partial charge on any atom is -0.466 e. The topological polar surface area (TPSA) is 55.8 Å². The molecule has 0 unspecified atom stereocenters. The molecule has 0 bridgehead atoms. The van der Waals surface area contributed by atoms with Crippen molar-refractivity contribution in [3.05, 3.63) is 35.9 Å². The minimum atomic E-state index is -0.727. The summed E-state index contributed by atoms with van der Waals surface area (Å²) in [6, 6.07) is 9.83. The number of benzene rings is 1. The molecule has 0 aromatic heterocycles. The summed E-state index contributed by atoms with van der Waals surface area (Å²) < 4.78 is 10.3. The third kappa shape index (κ3) is 5.85. The molecule has 0 radical (unpaired) electrons. The zero-order valence-corrected chi connectivity index (χ0v) is 11.5. The second kappa shape index (κ2) is 8.67. The van der Waals surface area contributed by atoms with Crippen LogP contribution in [0.15, 0.2) is 30.3 Å². The molecule has 0 aliphatic heterocycles. The minimum absolute atomic E-state index is 0.334. The number of hydrogen-bond acceptors (Lipinski definition) is 4. The van der Waals surface area contributed by atoms with Crippen molar-refractivity contribution in [2.24, 2.45) is 5.92 Å². The average molecular weight is 266 g/mol. The predicted molar refractivity (Wildman–Crippen MR) is 72.5 cm³/mol. The molecule has 1 N–H and O–H groups in total. The summed E-state index contributed by atoms with van der Waals surface area (Å²) >= 11 is 0. The molecule has 2 atom stereocenters. The van der Waals surface area contributed by atoms with Gasteiger partial charge >= 0.3 is 5.97 Å². The van der Waals surface area contributed by atoms with Gasteiger partial charge in [-0.3, -0.25) is 4.79 Å². The van der Waals surface area contributed by atoms with Crippen LogP contribution in [0, 0.1) is 5.92 Å². The maximum Gasteiger partial charge on any atom is 0.311 e. The summed E-state index contributed by atoms with van der Waals surface area (Å²) in [6.45, 7) is 4.68. The summed E-state index contributed by atoms with van der Waals surface area (Å²) in [7, 11) is 0. The highest BCUT2D eigenvalue weighted by molar-refractivity contribution is 5.72. The molecule has 0 aliphatic carbocycles. The van der Waals surface area contributed by atoms with Crippen LogP contribution in [0.4, 0.5) is 0 Å². The van der Waals surface area contributed by atoms with Gasteiger partial charge in [-0.2, -0.15) is 0 Å². The van der Waals surface area contributed by atoms with Crippen molar-refractivity contribution in [1.29, 1.82) is 0 Å². The zero-order chi connectivity index (χ0) is 14.1. The lowest BCUT2D eigenvalue weighted by molar-refractivity contribution is -0.151. The van der Waals surface area contributed by atoms with Gasteiger partial charge in [-0.25, -0.2) is 0 Å². The van der Waals surface area contributed by atoms with Crippen molar-refractivity contribution in [2.75, 3.05) is 13.2 Å². The van der Waals surface area contributed by atoms with Crippen molar-refractivity contribution in [3.8, 4) is 0 Å². The third-order valence-electron chi connectivity index (χ3n) is 2.91. The van der Waals surface area contributed by atoms with Gasteiger partial charge in [0.05, 0.1) is 25.2 Å². The fourth-order valence-electron chi connectivity index (χ4n) is 1.65. The number of aliphatic hydroxyl groups is 1. The van der Waals surface area contributed by atoms with Gasteiger partial charge in [0.1, 0.15) is 0 Å². The smallest absolute Gasteiger partial charge is 0.311 e. The molecule has 1 aromatic carbocycles. The SMILES string of the molecule is CCOC(=O)[C@@H](C)[C@@H](O)CCOCc1ccccc1. The Balaban J connectivity index is 2.20. The molecule has 0 spiro atoms. The summed E-state index contributed by atoms with van der Waals surface area (Å²) in [5.41, 5.74) is 1.09. The van der Waals surface area contributed by atoms with Crippen molar-refractivity contribution in [1.82, 2.24) is 0 Å². The van der Waals surface area contributed by atoms with E-state index in [0.29, 0.717) is 26.2 Å². The highest BCUT2D eigenvalue weighted by Gasteiger charge is 2.22. The number of rotatable bonds is 8. The first kappa shape index (κ1) is 15.7. The van der Waals surface area contributed by atoms with Crippen LogP contribution in [-0.4, -0.2) is 30.4 Å². The molecule has 4 heteroatoms. The van der Waals surface area contributed by atoms with Gasteiger partial charge in [0.15, 0.2) is 0 Å². The van der Waals surface area contributed by atoms with Crippen LogP contribution in [0.25, 0.3) is 0 Å². The average Bonchev–Trinajstić information content (AvgIpc) is 2.44. The van der Waals surface area contributed by atoms with Crippen molar-refractivity contribution < 1.29 is 19.4 Å². The van der Waals surface area contributed by atoms with Crippen LogP contribution >= 0.6 is 0 Å². The monoisotopic (exact) mass is 266 g/mol.